The van der Waals surface area contributed by atoms with Crippen LogP contribution in [0.25, 0.3) is 11.3 Å². The third-order valence-corrected chi connectivity index (χ3v) is 6.26. The van der Waals surface area contributed by atoms with Crippen LogP contribution >= 0.6 is 0 Å². The fourth-order valence-corrected chi connectivity index (χ4v) is 4.96. The van der Waals surface area contributed by atoms with E-state index in [0.29, 0.717) is 31.4 Å². The first-order valence-corrected chi connectivity index (χ1v) is 11.5. The van der Waals surface area contributed by atoms with E-state index < -0.39 is 21.3 Å². The van der Waals surface area contributed by atoms with E-state index in [1.807, 2.05) is 24.3 Å². The highest BCUT2D eigenvalue weighted by Crippen LogP contribution is 2.43. The minimum atomic E-state index is -3.37. The van der Waals surface area contributed by atoms with E-state index in [1.165, 1.54) is 24.4 Å². The molecule has 0 saturated heterocycles. The summed E-state index contributed by atoms with van der Waals surface area (Å²) in [5.41, 5.74) is 1.58. The summed E-state index contributed by atoms with van der Waals surface area (Å²) >= 11 is 0. The van der Waals surface area contributed by atoms with Gasteiger partial charge >= 0.3 is 0 Å². The molecular formula is C21H26FN3O4S. The summed E-state index contributed by atoms with van der Waals surface area (Å²) in [7, 11) is -0.393. The molecule has 30 heavy (non-hydrogen) atoms. The van der Waals surface area contributed by atoms with Crippen LogP contribution in [0.4, 0.5) is 4.39 Å². The molecule has 2 atom stereocenters. The van der Waals surface area contributed by atoms with E-state index in [1.54, 1.807) is 13.1 Å². The van der Waals surface area contributed by atoms with Crippen LogP contribution in [0.3, 0.4) is 0 Å². The molecule has 1 fully saturated rings. The number of nitrogens with one attached hydrogen (secondary N) is 1. The highest BCUT2D eigenvalue weighted by Gasteiger charge is 2.47. The van der Waals surface area contributed by atoms with Crippen LogP contribution in [0.5, 0.6) is 0 Å². The lowest BCUT2D eigenvalue weighted by atomic mass is 9.78. The third kappa shape index (κ3) is 5.21. The molecule has 0 spiro atoms. The van der Waals surface area contributed by atoms with Gasteiger partial charge in [0.05, 0.1) is 30.7 Å². The van der Waals surface area contributed by atoms with Gasteiger partial charge in [0.2, 0.25) is 10.0 Å². The van der Waals surface area contributed by atoms with Crippen molar-refractivity contribution in [3.05, 3.63) is 54.0 Å². The molecule has 9 heteroatoms. The number of hydrogen-bond donors (Lipinski definition) is 1. The fraction of sp³-hybridized carbons (Fsp3) is 0.429. The van der Waals surface area contributed by atoms with Gasteiger partial charge in [-0.1, -0.05) is 18.2 Å². The first-order chi connectivity index (χ1) is 14.1. The van der Waals surface area contributed by atoms with Crippen LogP contribution in [-0.4, -0.2) is 50.8 Å². The summed E-state index contributed by atoms with van der Waals surface area (Å²) in [5.74, 6) is -0.592. The maximum absolute atomic E-state index is 13.2. The van der Waals surface area contributed by atoms with Gasteiger partial charge in [-0.2, -0.15) is 0 Å². The predicted molar refractivity (Wildman–Crippen MR) is 111 cm³/mol. The minimum Gasteiger partial charge on any atom is -0.275 e. The highest BCUT2D eigenvalue weighted by molar-refractivity contribution is 7.88. The smallest absolute Gasteiger partial charge is 0.252 e. The maximum atomic E-state index is 13.2. The number of rotatable bonds is 7. The van der Waals surface area contributed by atoms with E-state index in [9.17, 15) is 17.6 Å². The van der Waals surface area contributed by atoms with Crippen LogP contribution < -0.4 is 4.72 Å². The number of hydroxylamine groups is 2. The summed E-state index contributed by atoms with van der Waals surface area (Å²) in [5, 5.41) is 1.20. The summed E-state index contributed by atoms with van der Waals surface area (Å²) < 4.78 is 39.2. The number of amides is 1. The maximum Gasteiger partial charge on any atom is 0.252 e. The minimum absolute atomic E-state index is 0.187. The zero-order chi connectivity index (χ0) is 21.9. The molecule has 1 saturated carbocycles. The topological polar surface area (TPSA) is 88.6 Å². The number of pyridine rings is 1. The molecule has 0 bridgehead atoms. The molecule has 1 aliphatic carbocycles. The average molecular weight is 436 g/mol. The second-order valence-electron chi connectivity index (χ2n) is 7.83. The Labute approximate surface area is 176 Å². The van der Waals surface area contributed by atoms with Crippen molar-refractivity contribution >= 4 is 15.9 Å². The first kappa shape index (κ1) is 22.3. The lowest BCUT2D eigenvalue weighted by Gasteiger charge is -2.31. The van der Waals surface area contributed by atoms with E-state index in [-0.39, 0.29) is 11.9 Å². The van der Waals surface area contributed by atoms with Crippen molar-refractivity contribution in [2.24, 2.45) is 5.41 Å². The van der Waals surface area contributed by atoms with Crippen LogP contribution in [-0.2, 0) is 26.1 Å². The number of carbonyl (C=O) groups is 1. The molecule has 1 aromatic carbocycles. The molecule has 1 N–H and O–H groups in total. The highest BCUT2D eigenvalue weighted by atomic mass is 32.2. The molecule has 0 aliphatic heterocycles. The van der Waals surface area contributed by atoms with Crippen LogP contribution in [0, 0.1) is 11.2 Å². The molecule has 1 aromatic heterocycles. The number of aromatic nitrogens is 1. The summed E-state index contributed by atoms with van der Waals surface area (Å²) in [6.45, 7) is 0. The van der Waals surface area contributed by atoms with Gasteiger partial charge in [-0.25, -0.2) is 22.6 Å². The van der Waals surface area contributed by atoms with E-state index >= 15 is 0 Å². The van der Waals surface area contributed by atoms with E-state index in [4.69, 9.17) is 4.84 Å². The zero-order valence-corrected chi connectivity index (χ0v) is 18.1. The molecular weight excluding hydrogens is 409 g/mol. The Morgan fingerprint density at radius 2 is 2.13 bits per heavy atom. The average Bonchev–Trinajstić information content (AvgIpc) is 3.09. The van der Waals surface area contributed by atoms with Gasteiger partial charge in [0.25, 0.3) is 5.91 Å². The number of carbonyl (C=O) groups excluding carboxylic acids is 1. The van der Waals surface area contributed by atoms with Crippen LogP contribution in [0.2, 0.25) is 0 Å². The Kier molecular flexibility index (Phi) is 6.54. The molecule has 162 valence electrons. The van der Waals surface area contributed by atoms with Crippen molar-refractivity contribution in [3.8, 4) is 11.3 Å². The summed E-state index contributed by atoms with van der Waals surface area (Å²) in [6.07, 6.45) is 4.19. The van der Waals surface area contributed by atoms with Gasteiger partial charge in [0.15, 0.2) is 0 Å². The van der Waals surface area contributed by atoms with Gasteiger partial charge in [-0.3, -0.25) is 14.6 Å². The monoisotopic (exact) mass is 435 g/mol. The fourth-order valence-electron chi connectivity index (χ4n) is 4.15. The van der Waals surface area contributed by atoms with Crippen molar-refractivity contribution < 1.29 is 22.4 Å². The van der Waals surface area contributed by atoms with Gasteiger partial charge in [-0.05, 0) is 49.4 Å². The number of hydrogen-bond acceptors (Lipinski definition) is 5. The zero-order valence-electron chi connectivity index (χ0n) is 17.3. The number of benzene rings is 1. The van der Waals surface area contributed by atoms with Crippen molar-refractivity contribution in [1.29, 1.82) is 0 Å². The van der Waals surface area contributed by atoms with Gasteiger partial charge < -0.3 is 0 Å². The van der Waals surface area contributed by atoms with E-state index in [0.717, 1.165) is 17.4 Å². The molecule has 0 radical (unpaired) electrons. The lowest BCUT2D eigenvalue weighted by Crippen LogP contribution is -2.43. The number of sulfonamides is 1. The summed E-state index contributed by atoms with van der Waals surface area (Å²) in [6, 6.07) is 10.3. The molecule has 7 nitrogen and oxygen atoms in total. The van der Waals surface area contributed by atoms with Crippen molar-refractivity contribution in [2.75, 3.05) is 20.4 Å². The number of halogens is 1. The summed E-state index contributed by atoms with van der Waals surface area (Å²) in [4.78, 5) is 22.4. The second kappa shape index (κ2) is 8.79. The third-order valence-electron chi connectivity index (χ3n) is 5.50. The van der Waals surface area contributed by atoms with E-state index in [2.05, 4.69) is 9.71 Å². The first-order valence-electron chi connectivity index (χ1n) is 9.62. The van der Waals surface area contributed by atoms with Gasteiger partial charge in [-0.15, -0.1) is 0 Å². The number of nitrogens with zero attached hydrogens (tertiary/aromatic N) is 2. The van der Waals surface area contributed by atoms with Gasteiger partial charge in [0.1, 0.15) is 5.82 Å². The standard InChI is InChI=1S/C21H26FN3O4S/c1-25(29-2)20(26)21(10-9-18(13-21)24-30(3,27)28)12-15-5-4-6-16(11-15)19-8-7-17(22)14-23-19/h4-8,11,14,18,24H,9-10,12-13H2,1-3H3/t18-,21+/m0/s1. The Bertz CT molecular complexity index is 1010. The normalized spacial score (nSPS) is 21.5. The Balaban J connectivity index is 1.90. The Morgan fingerprint density at radius 3 is 2.77 bits per heavy atom. The van der Waals surface area contributed by atoms with Gasteiger partial charge in [0, 0.05) is 18.7 Å². The van der Waals surface area contributed by atoms with Crippen LogP contribution in [0.1, 0.15) is 24.8 Å². The Hall–Kier alpha value is -2.36. The van der Waals surface area contributed by atoms with Crippen molar-refractivity contribution in [3.63, 3.8) is 0 Å². The van der Waals surface area contributed by atoms with Crippen molar-refractivity contribution in [1.82, 2.24) is 14.8 Å². The predicted octanol–water partition coefficient (Wildman–Crippen LogP) is 2.54. The van der Waals surface area contributed by atoms with Crippen molar-refractivity contribution in [2.45, 2.75) is 31.7 Å². The lowest BCUT2D eigenvalue weighted by molar-refractivity contribution is -0.180. The second-order valence-corrected chi connectivity index (χ2v) is 9.61. The molecule has 3 rings (SSSR count). The SMILES string of the molecule is CON(C)C(=O)[C@@]1(Cc2cccc(-c3ccc(F)cn3)c2)CC[C@H](NS(C)(=O)=O)C1. The van der Waals surface area contributed by atoms with Crippen LogP contribution in [0.15, 0.2) is 42.6 Å². The molecule has 2 aromatic rings. The molecule has 0 unspecified atom stereocenters. The quantitative estimate of drug-likeness (QED) is 0.675. The largest absolute Gasteiger partial charge is 0.275 e. The Morgan fingerprint density at radius 1 is 1.37 bits per heavy atom. The molecule has 1 amide bonds. The molecule has 1 heterocycles. The molecule has 1 aliphatic rings.